The van der Waals surface area contributed by atoms with Crippen molar-refractivity contribution in [1.29, 1.82) is 0 Å². The molecule has 1 aliphatic heterocycles. The molecule has 1 aliphatic carbocycles. The number of aliphatic hydroxyl groups is 1. The molecule has 3 atom stereocenters. The van der Waals surface area contributed by atoms with E-state index in [2.05, 4.69) is 4.98 Å². The summed E-state index contributed by atoms with van der Waals surface area (Å²) in [6, 6.07) is 7.30. The van der Waals surface area contributed by atoms with Crippen molar-refractivity contribution in [3.05, 3.63) is 36.4 Å². The molecule has 1 aromatic heterocycles. The summed E-state index contributed by atoms with van der Waals surface area (Å²) in [5, 5.41) is 9.46. The van der Waals surface area contributed by atoms with Crippen molar-refractivity contribution in [2.75, 3.05) is 26.9 Å². The molecule has 7 nitrogen and oxygen atoms in total. The second-order valence-electron chi connectivity index (χ2n) is 6.75. The van der Waals surface area contributed by atoms with Gasteiger partial charge in [-0.25, -0.2) is 4.98 Å². The number of fused-ring (bicyclic) bond motifs is 1. The van der Waals surface area contributed by atoms with Gasteiger partial charge in [0, 0.05) is 18.7 Å². The molecule has 138 valence electrons. The number of hydrogen-bond acceptors (Lipinski definition) is 6. The topological polar surface area (TPSA) is 85.0 Å². The second-order valence-corrected chi connectivity index (χ2v) is 6.75. The quantitative estimate of drug-likeness (QED) is 0.899. The molecule has 0 bridgehead atoms. The fourth-order valence-electron chi connectivity index (χ4n) is 3.93. The van der Waals surface area contributed by atoms with Crippen molar-refractivity contribution in [1.82, 2.24) is 9.88 Å². The van der Waals surface area contributed by atoms with Gasteiger partial charge < -0.3 is 23.9 Å². The van der Waals surface area contributed by atoms with Gasteiger partial charge in [-0.15, -0.1) is 0 Å². The Labute approximate surface area is 151 Å². The molecule has 2 fully saturated rings. The number of carbonyl (C=O) groups is 1. The Balaban J connectivity index is 1.60. The van der Waals surface area contributed by atoms with Gasteiger partial charge in [0.15, 0.2) is 17.8 Å². The number of aromatic nitrogens is 1. The third kappa shape index (κ3) is 2.97. The van der Waals surface area contributed by atoms with Crippen LogP contribution in [0.3, 0.4) is 0 Å². The SMILES string of the molecule is COc1ccc(-c2ocnc2C(=O)N2CCOC3C[C@H](CO)C[C@@H]32)cc1. The highest BCUT2D eigenvalue weighted by atomic mass is 16.5. The molecule has 1 aromatic carbocycles. The van der Waals surface area contributed by atoms with Gasteiger partial charge in [0.05, 0.1) is 25.9 Å². The number of aliphatic hydroxyl groups excluding tert-OH is 1. The zero-order valence-corrected chi connectivity index (χ0v) is 14.6. The second kappa shape index (κ2) is 7.09. The molecular formula is C19H22N2O5. The van der Waals surface area contributed by atoms with E-state index in [0.29, 0.717) is 24.6 Å². The van der Waals surface area contributed by atoms with Crippen molar-refractivity contribution in [3.63, 3.8) is 0 Å². The highest BCUT2D eigenvalue weighted by Gasteiger charge is 2.43. The summed E-state index contributed by atoms with van der Waals surface area (Å²) in [6.45, 7) is 1.15. The molecule has 1 amide bonds. The van der Waals surface area contributed by atoms with Crippen molar-refractivity contribution in [3.8, 4) is 17.1 Å². The lowest BCUT2D eigenvalue weighted by atomic mass is 10.1. The van der Waals surface area contributed by atoms with E-state index in [1.807, 2.05) is 29.2 Å². The zero-order chi connectivity index (χ0) is 18.1. The molecular weight excluding hydrogens is 336 g/mol. The minimum Gasteiger partial charge on any atom is -0.497 e. The molecule has 1 saturated carbocycles. The molecule has 1 saturated heterocycles. The van der Waals surface area contributed by atoms with E-state index in [1.54, 1.807) is 7.11 Å². The Morgan fingerprint density at radius 2 is 2.15 bits per heavy atom. The molecule has 1 N–H and O–H groups in total. The first-order valence-corrected chi connectivity index (χ1v) is 8.82. The number of methoxy groups -OCH3 is 1. The summed E-state index contributed by atoms with van der Waals surface area (Å²) in [6.07, 6.45) is 2.83. The fourth-order valence-corrected chi connectivity index (χ4v) is 3.93. The van der Waals surface area contributed by atoms with Crippen LogP contribution < -0.4 is 4.74 Å². The van der Waals surface area contributed by atoms with E-state index in [-0.39, 0.29) is 30.6 Å². The average Bonchev–Trinajstić information content (AvgIpc) is 3.33. The lowest BCUT2D eigenvalue weighted by Gasteiger charge is -2.37. The molecule has 0 spiro atoms. The summed E-state index contributed by atoms with van der Waals surface area (Å²) in [5.74, 6) is 1.22. The lowest BCUT2D eigenvalue weighted by Crippen LogP contribution is -2.51. The van der Waals surface area contributed by atoms with E-state index in [1.165, 1.54) is 6.39 Å². The van der Waals surface area contributed by atoms with E-state index < -0.39 is 0 Å². The summed E-state index contributed by atoms with van der Waals surface area (Å²) >= 11 is 0. The van der Waals surface area contributed by atoms with E-state index >= 15 is 0 Å². The van der Waals surface area contributed by atoms with Gasteiger partial charge in [-0.3, -0.25) is 4.79 Å². The van der Waals surface area contributed by atoms with Gasteiger partial charge >= 0.3 is 0 Å². The standard InChI is InChI=1S/C19H22N2O5/c1-24-14-4-2-13(3-5-14)18-17(20-11-26-18)19(23)21-6-7-25-16-9-12(10-22)8-15(16)21/h2-5,11-12,15-16,22H,6-10H2,1H3/t12-,15+,16?/m1/s1. The predicted octanol–water partition coefficient (Wildman–Crippen LogP) is 1.96. The van der Waals surface area contributed by atoms with E-state index in [4.69, 9.17) is 13.9 Å². The van der Waals surface area contributed by atoms with Crippen LogP contribution in [0, 0.1) is 5.92 Å². The molecule has 1 unspecified atom stereocenters. The van der Waals surface area contributed by atoms with Crippen LogP contribution in [0.2, 0.25) is 0 Å². The monoisotopic (exact) mass is 358 g/mol. The van der Waals surface area contributed by atoms with Crippen molar-refractivity contribution < 1.29 is 23.8 Å². The van der Waals surface area contributed by atoms with Crippen LogP contribution in [0.25, 0.3) is 11.3 Å². The minimum absolute atomic E-state index is 0.0128. The minimum atomic E-state index is -0.151. The number of ether oxygens (including phenoxy) is 2. The number of amides is 1. The number of morpholine rings is 1. The summed E-state index contributed by atoms with van der Waals surface area (Å²) in [7, 11) is 1.61. The maximum absolute atomic E-state index is 13.2. The first kappa shape index (κ1) is 17.1. The van der Waals surface area contributed by atoms with Crippen LogP contribution >= 0.6 is 0 Å². The third-order valence-corrected chi connectivity index (χ3v) is 5.28. The number of benzene rings is 1. The third-order valence-electron chi connectivity index (χ3n) is 5.28. The molecule has 2 heterocycles. The number of carbonyl (C=O) groups excluding carboxylic acids is 1. The molecule has 2 aliphatic rings. The maximum Gasteiger partial charge on any atom is 0.276 e. The van der Waals surface area contributed by atoms with Gasteiger partial charge in [-0.05, 0) is 43.0 Å². The van der Waals surface area contributed by atoms with E-state index in [0.717, 1.165) is 24.2 Å². The van der Waals surface area contributed by atoms with Crippen LogP contribution in [-0.2, 0) is 4.74 Å². The van der Waals surface area contributed by atoms with Crippen LogP contribution in [0.1, 0.15) is 23.3 Å². The van der Waals surface area contributed by atoms with Crippen LogP contribution in [-0.4, -0.2) is 59.9 Å². The van der Waals surface area contributed by atoms with E-state index in [9.17, 15) is 9.90 Å². The molecule has 4 rings (SSSR count). The van der Waals surface area contributed by atoms with Crippen molar-refractivity contribution >= 4 is 5.91 Å². The van der Waals surface area contributed by atoms with Gasteiger partial charge in [0.25, 0.3) is 5.91 Å². The molecule has 2 aromatic rings. The number of rotatable bonds is 4. The molecule has 0 radical (unpaired) electrons. The highest BCUT2D eigenvalue weighted by molar-refractivity contribution is 5.98. The lowest BCUT2D eigenvalue weighted by molar-refractivity contribution is -0.0450. The first-order valence-electron chi connectivity index (χ1n) is 8.82. The molecule has 26 heavy (non-hydrogen) atoms. The maximum atomic E-state index is 13.2. The van der Waals surface area contributed by atoms with Gasteiger partial charge in [0.2, 0.25) is 0 Å². The Kier molecular flexibility index (Phi) is 4.65. The number of oxazole rings is 1. The highest BCUT2D eigenvalue weighted by Crippen LogP contribution is 2.35. The predicted molar refractivity (Wildman–Crippen MR) is 92.9 cm³/mol. The van der Waals surface area contributed by atoms with Crippen LogP contribution in [0.4, 0.5) is 0 Å². The first-order chi connectivity index (χ1) is 12.7. The largest absolute Gasteiger partial charge is 0.497 e. The summed E-state index contributed by atoms with van der Waals surface area (Å²) in [4.78, 5) is 19.2. The van der Waals surface area contributed by atoms with Crippen molar-refractivity contribution in [2.45, 2.75) is 25.0 Å². The van der Waals surface area contributed by atoms with Crippen LogP contribution in [0.5, 0.6) is 5.75 Å². The van der Waals surface area contributed by atoms with Crippen LogP contribution in [0.15, 0.2) is 35.1 Å². The Morgan fingerprint density at radius 3 is 2.88 bits per heavy atom. The van der Waals surface area contributed by atoms with Crippen molar-refractivity contribution in [2.24, 2.45) is 5.92 Å². The Morgan fingerprint density at radius 1 is 1.35 bits per heavy atom. The van der Waals surface area contributed by atoms with Gasteiger partial charge in [-0.2, -0.15) is 0 Å². The van der Waals surface area contributed by atoms with Gasteiger partial charge in [-0.1, -0.05) is 0 Å². The average molecular weight is 358 g/mol. The fraction of sp³-hybridized carbons (Fsp3) is 0.474. The number of hydrogen-bond donors (Lipinski definition) is 1. The smallest absolute Gasteiger partial charge is 0.276 e. The van der Waals surface area contributed by atoms with Gasteiger partial charge in [0.1, 0.15) is 5.75 Å². The summed E-state index contributed by atoms with van der Waals surface area (Å²) < 4.78 is 16.5. The zero-order valence-electron chi connectivity index (χ0n) is 14.6. The Hall–Kier alpha value is -2.38. The normalized spacial score (nSPS) is 25.2. The summed E-state index contributed by atoms with van der Waals surface area (Å²) in [5.41, 5.74) is 1.08. The molecule has 7 heteroatoms. The number of nitrogens with zero attached hydrogens (tertiary/aromatic N) is 2. The Bertz CT molecular complexity index is 772.